The predicted octanol–water partition coefficient (Wildman–Crippen LogP) is 4.49. The van der Waals surface area contributed by atoms with Crippen LogP contribution in [-0.4, -0.2) is 0 Å². The Morgan fingerprint density at radius 1 is 0.917 bits per heavy atom. The third-order valence-corrected chi connectivity index (χ3v) is 1.97. The molecular weight excluding hydrogens is 144 g/mol. The van der Waals surface area contributed by atoms with Crippen molar-refractivity contribution in [3.05, 3.63) is 0 Å². The maximum atomic E-state index is 2.39. The first-order chi connectivity index (χ1) is 5.12. The van der Waals surface area contributed by atoms with Crippen LogP contribution in [0.1, 0.15) is 61.3 Å². The minimum absolute atomic E-state index is 0.471. The molecule has 0 unspecified atom stereocenters. The van der Waals surface area contributed by atoms with Crippen molar-refractivity contribution in [1.82, 2.24) is 0 Å². The molecule has 0 heteroatoms. The molecule has 0 heterocycles. The molecule has 0 bridgehead atoms. The Morgan fingerprint density at radius 3 is 1.58 bits per heavy atom. The van der Waals surface area contributed by atoms with Gasteiger partial charge in [-0.3, -0.25) is 0 Å². The van der Waals surface area contributed by atoms with Crippen LogP contribution in [0.25, 0.3) is 0 Å². The summed E-state index contributed by atoms with van der Waals surface area (Å²) < 4.78 is 0. The second-order valence-electron chi connectivity index (χ2n) is 6.50. The Morgan fingerprint density at radius 2 is 1.33 bits per heavy atom. The van der Waals surface area contributed by atoms with Crippen molar-refractivity contribution >= 4 is 0 Å². The van der Waals surface area contributed by atoms with E-state index < -0.39 is 0 Å². The van der Waals surface area contributed by atoms with E-state index in [1.807, 2.05) is 0 Å². The van der Waals surface area contributed by atoms with Crippen LogP contribution in [0, 0.1) is 16.7 Å². The van der Waals surface area contributed by atoms with E-state index in [4.69, 9.17) is 0 Å². The SMILES string of the molecule is CC(C)CC(C)(C)CC(C)(C)C. The van der Waals surface area contributed by atoms with Crippen LogP contribution in [-0.2, 0) is 0 Å². The second kappa shape index (κ2) is 3.81. The van der Waals surface area contributed by atoms with Crippen LogP contribution in [0.2, 0.25) is 0 Å². The fourth-order valence-electron chi connectivity index (χ4n) is 2.61. The van der Waals surface area contributed by atoms with Crippen molar-refractivity contribution in [2.45, 2.75) is 61.3 Å². The normalized spacial score (nSPS) is 14.0. The molecule has 12 heavy (non-hydrogen) atoms. The van der Waals surface area contributed by atoms with Gasteiger partial charge in [0.2, 0.25) is 0 Å². The summed E-state index contributed by atoms with van der Waals surface area (Å²) in [6, 6.07) is 0. The van der Waals surface area contributed by atoms with Crippen LogP contribution in [0.5, 0.6) is 0 Å². The molecule has 0 saturated carbocycles. The van der Waals surface area contributed by atoms with Crippen LogP contribution in [0.3, 0.4) is 0 Å². The topological polar surface area (TPSA) is 0 Å². The fraction of sp³-hybridized carbons (Fsp3) is 1.00. The molecule has 0 saturated heterocycles. The molecule has 0 aromatic rings. The Balaban J connectivity index is 4.04. The zero-order valence-corrected chi connectivity index (χ0v) is 9.99. The molecule has 0 amide bonds. The lowest BCUT2D eigenvalue weighted by Crippen LogP contribution is -2.22. The van der Waals surface area contributed by atoms with Crippen LogP contribution >= 0.6 is 0 Å². The van der Waals surface area contributed by atoms with E-state index >= 15 is 0 Å². The number of hydrogen-bond donors (Lipinski definition) is 0. The molecule has 0 nitrogen and oxygen atoms in total. The molecule has 0 aliphatic rings. The molecule has 0 spiro atoms. The summed E-state index contributed by atoms with van der Waals surface area (Å²) in [5, 5.41) is 0. The van der Waals surface area contributed by atoms with Gasteiger partial charge in [-0.25, -0.2) is 0 Å². The molecule has 0 atom stereocenters. The molecule has 0 aromatic carbocycles. The van der Waals surface area contributed by atoms with Gasteiger partial charge < -0.3 is 0 Å². The highest BCUT2D eigenvalue weighted by atomic mass is 14.3. The summed E-state index contributed by atoms with van der Waals surface area (Å²) in [5.41, 5.74) is 0.977. The summed E-state index contributed by atoms with van der Waals surface area (Å²) in [5.74, 6) is 0.822. The molecule has 0 aromatic heterocycles. The van der Waals surface area contributed by atoms with Gasteiger partial charge in [-0.05, 0) is 29.6 Å². The van der Waals surface area contributed by atoms with Crippen molar-refractivity contribution in [2.24, 2.45) is 16.7 Å². The third kappa shape index (κ3) is 6.69. The zero-order valence-electron chi connectivity index (χ0n) is 9.99. The molecule has 74 valence electrons. The summed E-state index contributed by atoms with van der Waals surface area (Å²) in [4.78, 5) is 0. The summed E-state index contributed by atoms with van der Waals surface area (Å²) in [6.07, 6.45) is 2.66. The molecule has 0 aliphatic carbocycles. The van der Waals surface area contributed by atoms with Crippen molar-refractivity contribution in [1.29, 1.82) is 0 Å². The van der Waals surface area contributed by atoms with E-state index in [2.05, 4.69) is 48.5 Å². The lowest BCUT2D eigenvalue weighted by atomic mass is 9.72. The average molecular weight is 170 g/mol. The zero-order chi connectivity index (χ0) is 9.99. The fourth-order valence-corrected chi connectivity index (χ4v) is 2.61. The summed E-state index contributed by atoms with van der Waals surface area (Å²) >= 11 is 0. The predicted molar refractivity (Wildman–Crippen MR) is 57.3 cm³/mol. The smallest absolute Gasteiger partial charge is 0.0347 e. The minimum Gasteiger partial charge on any atom is -0.0628 e. The first kappa shape index (κ1) is 12.0. The van der Waals surface area contributed by atoms with Crippen molar-refractivity contribution in [3.63, 3.8) is 0 Å². The Hall–Kier alpha value is 0. The second-order valence-corrected chi connectivity index (χ2v) is 6.50. The highest BCUT2D eigenvalue weighted by molar-refractivity contribution is 4.77. The van der Waals surface area contributed by atoms with Gasteiger partial charge in [0.1, 0.15) is 0 Å². The monoisotopic (exact) mass is 170 g/mol. The van der Waals surface area contributed by atoms with Crippen molar-refractivity contribution in [2.75, 3.05) is 0 Å². The van der Waals surface area contributed by atoms with E-state index in [9.17, 15) is 0 Å². The standard InChI is InChI=1S/C12H26/c1-10(2)8-12(6,7)9-11(3,4)5/h10H,8-9H2,1-7H3. The number of hydrogen-bond acceptors (Lipinski definition) is 0. The van der Waals surface area contributed by atoms with Gasteiger partial charge in [-0.2, -0.15) is 0 Å². The first-order valence-electron chi connectivity index (χ1n) is 5.12. The molecular formula is C12H26. The van der Waals surface area contributed by atoms with Crippen LogP contribution in [0.15, 0.2) is 0 Å². The summed E-state index contributed by atoms with van der Waals surface area (Å²) in [6.45, 7) is 16.4. The molecule has 0 rings (SSSR count). The maximum Gasteiger partial charge on any atom is -0.0347 e. The van der Waals surface area contributed by atoms with E-state index in [-0.39, 0.29) is 0 Å². The van der Waals surface area contributed by atoms with E-state index in [1.165, 1.54) is 12.8 Å². The molecule has 0 aliphatic heterocycles. The lowest BCUT2D eigenvalue weighted by Gasteiger charge is -2.33. The lowest BCUT2D eigenvalue weighted by molar-refractivity contribution is 0.179. The summed E-state index contributed by atoms with van der Waals surface area (Å²) in [7, 11) is 0. The highest BCUT2D eigenvalue weighted by Crippen LogP contribution is 2.37. The van der Waals surface area contributed by atoms with E-state index in [0.717, 1.165) is 5.92 Å². The number of rotatable bonds is 3. The average Bonchev–Trinajstić information content (AvgIpc) is 1.48. The van der Waals surface area contributed by atoms with Gasteiger partial charge in [-0.15, -0.1) is 0 Å². The van der Waals surface area contributed by atoms with E-state index in [0.29, 0.717) is 10.8 Å². The molecule has 0 fully saturated rings. The molecule has 0 radical (unpaired) electrons. The highest BCUT2D eigenvalue weighted by Gasteiger charge is 2.25. The third-order valence-electron chi connectivity index (χ3n) is 1.97. The largest absolute Gasteiger partial charge is 0.0628 e. The van der Waals surface area contributed by atoms with Gasteiger partial charge in [0, 0.05) is 0 Å². The maximum absolute atomic E-state index is 2.39. The van der Waals surface area contributed by atoms with Gasteiger partial charge in [0.15, 0.2) is 0 Å². The Kier molecular flexibility index (Phi) is 3.81. The van der Waals surface area contributed by atoms with Crippen LogP contribution in [0.4, 0.5) is 0 Å². The van der Waals surface area contributed by atoms with Crippen molar-refractivity contribution in [3.8, 4) is 0 Å². The quantitative estimate of drug-likeness (QED) is 0.585. The van der Waals surface area contributed by atoms with Gasteiger partial charge in [0.05, 0.1) is 0 Å². The Labute approximate surface area is 78.8 Å². The minimum atomic E-state index is 0.471. The molecule has 0 N–H and O–H groups in total. The van der Waals surface area contributed by atoms with Gasteiger partial charge >= 0.3 is 0 Å². The van der Waals surface area contributed by atoms with Crippen LogP contribution < -0.4 is 0 Å². The van der Waals surface area contributed by atoms with Gasteiger partial charge in [-0.1, -0.05) is 48.5 Å². The van der Waals surface area contributed by atoms with Gasteiger partial charge in [0.25, 0.3) is 0 Å². The Bertz CT molecular complexity index is 123. The van der Waals surface area contributed by atoms with Crippen molar-refractivity contribution < 1.29 is 0 Å². The van der Waals surface area contributed by atoms with E-state index in [1.54, 1.807) is 0 Å². The first-order valence-corrected chi connectivity index (χ1v) is 5.12.